The number of halogens is 2. The highest BCUT2D eigenvalue weighted by Crippen LogP contribution is 2.44. The molecule has 0 saturated carbocycles. The van der Waals surface area contributed by atoms with Crippen LogP contribution in [0.15, 0.2) is 65.2 Å². The van der Waals surface area contributed by atoms with Gasteiger partial charge in [-0.15, -0.1) is 0 Å². The summed E-state index contributed by atoms with van der Waals surface area (Å²) in [6, 6.07) is 16.4. The Morgan fingerprint density at radius 1 is 0.949 bits per heavy atom. The molecule has 1 aliphatic rings. The van der Waals surface area contributed by atoms with E-state index in [0.717, 1.165) is 12.1 Å². The maximum absolute atomic E-state index is 13.5. The lowest BCUT2D eigenvalue weighted by atomic mass is 9.94. The largest absolute Gasteiger partial charge is 1.00 e. The van der Waals surface area contributed by atoms with Crippen molar-refractivity contribution in [2.75, 3.05) is 19.6 Å². The van der Waals surface area contributed by atoms with Gasteiger partial charge in [-0.05, 0) is 55.5 Å². The molecule has 1 aliphatic heterocycles. The Labute approximate surface area is 232 Å². The molecular formula is C30H31ClFN3O4. The van der Waals surface area contributed by atoms with E-state index in [1.54, 1.807) is 11.0 Å². The number of likely N-dealkylation sites (tertiary alicyclic amines) is 1. The Morgan fingerprint density at radius 2 is 1.59 bits per heavy atom. The molecule has 9 heteroatoms. The van der Waals surface area contributed by atoms with Gasteiger partial charge in [-0.2, -0.15) is 0 Å². The summed E-state index contributed by atoms with van der Waals surface area (Å²) in [6.07, 6.45) is 3.81. The monoisotopic (exact) mass is 551 g/mol. The molecule has 1 fully saturated rings. The predicted molar refractivity (Wildman–Crippen MR) is 142 cm³/mol. The second-order valence-electron chi connectivity index (χ2n) is 9.67. The number of hydrogen-bond acceptors (Lipinski definition) is 5. The minimum Gasteiger partial charge on any atom is -1.00 e. The Bertz CT molecular complexity index is 1430. The number of piperidine rings is 1. The molecule has 4 N–H and O–H groups in total. The number of aromatic hydroxyl groups is 2. The van der Waals surface area contributed by atoms with Crippen LogP contribution in [0.2, 0.25) is 0 Å². The molecule has 0 radical (unpaired) electrons. The van der Waals surface area contributed by atoms with Crippen LogP contribution in [0.25, 0.3) is 33.6 Å². The van der Waals surface area contributed by atoms with Gasteiger partial charge in [0.05, 0.1) is 24.2 Å². The number of amides is 1. The van der Waals surface area contributed by atoms with Gasteiger partial charge in [0, 0.05) is 23.7 Å². The van der Waals surface area contributed by atoms with Crippen molar-refractivity contribution in [1.29, 1.82) is 0 Å². The van der Waals surface area contributed by atoms with Gasteiger partial charge in [-0.1, -0.05) is 41.6 Å². The number of phenolic OH excluding ortho intramolecular Hbond substituents is 2. The summed E-state index contributed by atoms with van der Waals surface area (Å²) in [5.74, 6) is -1.01. The van der Waals surface area contributed by atoms with E-state index in [9.17, 15) is 19.4 Å². The summed E-state index contributed by atoms with van der Waals surface area (Å²) < 4.78 is 19.2. The topological polar surface area (TPSA) is 100 Å². The van der Waals surface area contributed by atoms with Gasteiger partial charge in [0.1, 0.15) is 23.9 Å². The number of rotatable bonds is 7. The van der Waals surface area contributed by atoms with Crippen molar-refractivity contribution in [3.63, 3.8) is 0 Å². The molecular weight excluding hydrogens is 521 g/mol. The number of nitrogens with one attached hydrogen (secondary N) is 2. The van der Waals surface area contributed by atoms with E-state index >= 15 is 0 Å². The highest BCUT2D eigenvalue weighted by atomic mass is 35.5. The summed E-state index contributed by atoms with van der Waals surface area (Å²) in [4.78, 5) is 14.5. The molecule has 0 spiro atoms. The number of quaternary nitrogens is 1. The summed E-state index contributed by atoms with van der Waals surface area (Å²) >= 11 is 0. The molecule has 39 heavy (non-hydrogen) atoms. The third-order valence-electron chi connectivity index (χ3n) is 7.02. The van der Waals surface area contributed by atoms with E-state index in [1.165, 1.54) is 68.2 Å². The average molecular weight is 552 g/mol. The molecule has 2 heterocycles. The molecule has 5 rings (SSSR count). The van der Waals surface area contributed by atoms with E-state index in [-0.39, 0.29) is 40.9 Å². The molecule has 1 saturated heterocycles. The number of phenols is 2. The predicted octanol–water partition coefficient (Wildman–Crippen LogP) is 1.55. The number of nitrogens with zero attached hydrogens (tertiary/aromatic N) is 1. The minimum absolute atomic E-state index is 0. The van der Waals surface area contributed by atoms with Crippen molar-refractivity contribution < 1.29 is 41.2 Å². The first-order valence-electron chi connectivity index (χ1n) is 13.0. The first-order chi connectivity index (χ1) is 18.4. The second-order valence-corrected chi connectivity index (χ2v) is 9.67. The van der Waals surface area contributed by atoms with Crippen molar-refractivity contribution in [1.82, 2.24) is 10.5 Å². The van der Waals surface area contributed by atoms with E-state index in [1.807, 2.05) is 19.1 Å². The average Bonchev–Trinajstić information content (AvgIpc) is 3.36. The Balaban J connectivity index is 0.00000353. The van der Waals surface area contributed by atoms with Gasteiger partial charge in [0.2, 0.25) is 0 Å². The van der Waals surface area contributed by atoms with E-state index in [2.05, 4.69) is 22.6 Å². The molecule has 7 nitrogen and oxygen atoms in total. The summed E-state index contributed by atoms with van der Waals surface area (Å²) in [7, 11) is 0. The van der Waals surface area contributed by atoms with Crippen molar-refractivity contribution >= 4 is 5.91 Å². The summed E-state index contributed by atoms with van der Waals surface area (Å²) in [5, 5.41) is 28.2. The molecule has 4 aromatic rings. The maximum atomic E-state index is 13.5. The fourth-order valence-corrected chi connectivity index (χ4v) is 5.07. The third kappa shape index (κ3) is 6.08. The lowest BCUT2D eigenvalue weighted by Gasteiger charge is -2.23. The van der Waals surface area contributed by atoms with Crippen molar-refractivity contribution in [3.8, 4) is 45.1 Å². The lowest BCUT2D eigenvalue weighted by molar-refractivity contribution is -0.918. The van der Waals surface area contributed by atoms with E-state index < -0.39 is 11.7 Å². The second kappa shape index (κ2) is 12.3. The lowest BCUT2D eigenvalue weighted by Crippen LogP contribution is -3.11. The number of benzene rings is 3. The van der Waals surface area contributed by atoms with Gasteiger partial charge in [-0.25, -0.2) is 4.39 Å². The Kier molecular flexibility index (Phi) is 8.89. The first kappa shape index (κ1) is 28.1. The van der Waals surface area contributed by atoms with E-state index in [0.29, 0.717) is 23.2 Å². The number of carbonyl (C=O) groups excluding carboxylic acids is 1. The molecule has 0 bridgehead atoms. The van der Waals surface area contributed by atoms with Gasteiger partial charge in [0.15, 0.2) is 11.5 Å². The zero-order valence-electron chi connectivity index (χ0n) is 21.6. The van der Waals surface area contributed by atoms with Crippen molar-refractivity contribution in [2.24, 2.45) is 0 Å². The van der Waals surface area contributed by atoms with Crippen LogP contribution >= 0.6 is 0 Å². The zero-order chi connectivity index (χ0) is 26.6. The molecule has 204 valence electrons. The summed E-state index contributed by atoms with van der Waals surface area (Å²) in [5.41, 5.74) is 3.65. The normalized spacial score (nSPS) is 13.6. The fourth-order valence-electron chi connectivity index (χ4n) is 5.07. The highest BCUT2D eigenvalue weighted by molar-refractivity contribution is 6.03. The molecule has 3 aromatic carbocycles. The Morgan fingerprint density at radius 3 is 2.26 bits per heavy atom. The quantitative estimate of drug-likeness (QED) is 0.279. The molecule has 0 atom stereocenters. The Hall–Kier alpha value is -3.88. The number of carbonyl (C=O) groups is 1. The van der Waals surface area contributed by atoms with Gasteiger partial charge in [0.25, 0.3) is 5.91 Å². The smallest absolute Gasteiger partial charge is 0.274 e. The van der Waals surface area contributed by atoms with Crippen molar-refractivity contribution in [3.05, 3.63) is 77.7 Å². The number of aromatic nitrogens is 1. The highest BCUT2D eigenvalue weighted by Gasteiger charge is 2.27. The van der Waals surface area contributed by atoms with Crippen LogP contribution in [0.1, 0.15) is 42.2 Å². The molecule has 1 amide bonds. The van der Waals surface area contributed by atoms with Gasteiger partial charge >= 0.3 is 0 Å². The standard InChI is InChI=1S/C30H30FN3O4.ClH/c1-2-32-30(37)28-27(21-8-6-19(7-9-21)18-34-14-4-3-5-15-34)29(38-33-28)24-16-23(25(35)17-26(24)36)20-10-12-22(31)13-11-20;/h6-13,16-17,35-36H,2-5,14-15,18H2,1H3,(H,32,37);1H. The molecule has 0 unspecified atom stereocenters. The molecule has 0 aliphatic carbocycles. The van der Waals surface area contributed by atoms with Crippen LogP contribution in [-0.2, 0) is 6.54 Å². The van der Waals surface area contributed by atoms with Crippen molar-refractivity contribution in [2.45, 2.75) is 32.7 Å². The van der Waals surface area contributed by atoms with Crippen LogP contribution in [0.3, 0.4) is 0 Å². The number of hydrogen-bond donors (Lipinski definition) is 4. The van der Waals surface area contributed by atoms with Gasteiger partial charge in [-0.3, -0.25) is 4.79 Å². The van der Waals surface area contributed by atoms with Crippen LogP contribution in [0, 0.1) is 5.82 Å². The third-order valence-corrected chi connectivity index (χ3v) is 7.02. The van der Waals surface area contributed by atoms with Crippen LogP contribution in [-0.4, -0.2) is 40.9 Å². The van der Waals surface area contributed by atoms with E-state index in [4.69, 9.17) is 4.52 Å². The first-order valence-corrected chi connectivity index (χ1v) is 13.0. The fraction of sp³-hybridized carbons (Fsp3) is 0.267. The zero-order valence-corrected chi connectivity index (χ0v) is 22.4. The van der Waals surface area contributed by atoms with Crippen LogP contribution < -0.4 is 22.6 Å². The maximum Gasteiger partial charge on any atom is 0.274 e. The summed E-state index contributed by atoms with van der Waals surface area (Å²) in [6.45, 7) is 5.53. The van der Waals surface area contributed by atoms with Crippen LogP contribution in [0.4, 0.5) is 4.39 Å². The SMILES string of the molecule is CCNC(=O)c1noc(-c2cc(-c3ccc(F)cc3)c(O)cc2O)c1-c1ccc(C[NH+]2CCCCC2)cc1.[Cl-]. The van der Waals surface area contributed by atoms with Gasteiger partial charge < -0.3 is 37.4 Å². The minimum atomic E-state index is -0.401. The molecule has 1 aromatic heterocycles. The van der Waals surface area contributed by atoms with Crippen LogP contribution in [0.5, 0.6) is 11.5 Å².